The average Bonchev–Trinajstić information content (AvgIpc) is 3.11. The molecule has 0 atom stereocenters. The van der Waals surface area contributed by atoms with Crippen LogP contribution in [0.15, 0.2) is 0 Å². The molecule has 17 heavy (non-hydrogen) atoms. The number of rotatable bonds is 7. The lowest BCUT2D eigenvalue weighted by atomic mass is 10.0. The molecule has 2 aliphatic rings. The number of nitrogens with one attached hydrogen (secondary N) is 2. The van der Waals surface area contributed by atoms with Crippen molar-refractivity contribution < 1.29 is 4.79 Å². The van der Waals surface area contributed by atoms with Crippen LogP contribution in [0.25, 0.3) is 0 Å². The summed E-state index contributed by atoms with van der Waals surface area (Å²) in [4.78, 5) is 11.8. The zero-order valence-electron chi connectivity index (χ0n) is 11.4. The van der Waals surface area contributed by atoms with Crippen LogP contribution in [0.5, 0.6) is 0 Å². The van der Waals surface area contributed by atoms with Gasteiger partial charge >= 0.3 is 0 Å². The van der Waals surface area contributed by atoms with Gasteiger partial charge in [0, 0.05) is 11.6 Å². The van der Waals surface area contributed by atoms with Gasteiger partial charge in [0.2, 0.25) is 5.91 Å². The predicted octanol–water partition coefficient (Wildman–Crippen LogP) is 2.07. The molecule has 0 radical (unpaired) electrons. The molecule has 0 aromatic carbocycles. The molecular formula is C14H26N2O. The van der Waals surface area contributed by atoms with Crippen LogP contribution in [0.2, 0.25) is 0 Å². The molecule has 2 rings (SSSR count). The average molecular weight is 238 g/mol. The largest absolute Gasteiger partial charge is 0.350 e. The highest BCUT2D eigenvalue weighted by molar-refractivity contribution is 5.78. The minimum absolute atomic E-state index is 0.0760. The maximum atomic E-state index is 11.8. The van der Waals surface area contributed by atoms with Crippen LogP contribution in [0.4, 0.5) is 0 Å². The summed E-state index contributed by atoms with van der Waals surface area (Å²) in [6.45, 7) is 6.74. The minimum atomic E-state index is -0.0760. The van der Waals surface area contributed by atoms with Gasteiger partial charge in [-0.2, -0.15) is 0 Å². The quantitative estimate of drug-likeness (QED) is 0.713. The Morgan fingerprint density at radius 2 is 1.76 bits per heavy atom. The van der Waals surface area contributed by atoms with E-state index in [1.54, 1.807) is 0 Å². The maximum absolute atomic E-state index is 11.8. The molecule has 3 nitrogen and oxygen atoms in total. The summed E-state index contributed by atoms with van der Waals surface area (Å²) in [5, 5.41) is 6.56. The molecule has 0 aliphatic heterocycles. The van der Waals surface area contributed by atoms with Gasteiger partial charge in [0.15, 0.2) is 0 Å². The van der Waals surface area contributed by atoms with Crippen LogP contribution in [0, 0.1) is 11.8 Å². The molecule has 1 amide bonds. The number of hydrogen-bond acceptors (Lipinski definition) is 2. The fourth-order valence-electron chi connectivity index (χ4n) is 2.35. The summed E-state index contributed by atoms with van der Waals surface area (Å²) in [6, 6.07) is 0.616. The van der Waals surface area contributed by atoms with Crippen molar-refractivity contribution in [2.75, 3.05) is 6.54 Å². The Hall–Kier alpha value is -0.570. The molecule has 2 N–H and O–H groups in total. The second kappa shape index (κ2) is 4.97. The van der Waals surface area contributed by atoms with Crippen molar-refractivity contribution >= 4 is 5.91 Å². The highest BCUT2D eigenvalue weighted by Crippen LogP contribution is 2.44. The van der Waals surface area contributed by atoms with Crippen molar-refractivity contribution in [2.24, 2.45) is 11.8 Å². The van der Waals surface area contributed by atoms with Crippen LogP contribution in [-0.2, 0) is 4.79 Å². The molecule has 0 spiro atoms. The molecule has 2 fully saturated rings. The Balaban J connectivity index is 1.71. The van der Waals surface area contributed by atoms with Crippen LogP contribution in [0.3, 0.4) is 0 Å². The van der Waals surface area contributed by atoms with E-state index in [1.165, 1.54) is 25.7 Å². The third-order valence-electron chi connectivity index (χ3n) is 4.12. The van der Waals surface area contributed by atoms with Crippen molar-refractivity contribution in [3.05, 3.63) is 0 Å². The number of amides is 1. The van der Waals surface area contributed by atoms with Gasteiger partial charge < -0.3 is 10.6 Å². The van der Waals surface area contributed by atoms with Gasteiger partial charge in [0.25, 0.3) is 0 Å². The Morgan fingerprint density at radius 1 is 1.24 bits per heavy atom. The molecule has 2 saturated carbocycles. The highest BCUT2D eigenvalue weighted by atomic mass is 16.2. The van der Waals surface area contributed by atoms with Gasteiger partial charge in [-0.05, 0) is 57.8 Å². The summed E-state index contributed by atoms with van der Waals surface area (Å²) >= 11 is 0. The van der Waals surface area contributed by atoms with Gasteiger partial charge in [-0.1, -0.05) is 6.92 Å². The van der Waals surface area contributed by atoms with E-state index in [0.717, 1.165) is 18.3 Å². The molecule has 0 aromatic rings. The van der Waals surface area contributed by atoms with Crippen molar-refractivity contribution in [1.29, 1.82) is 0 Å². The van der Waals surface area contributed by atoms with Crippen LogP contribution < -0.4 is 10.6 Å². The van der Waals surface area contributed by atoms with Crippen molar-refractivity contribution in [2.45, 2.75) is 64.5 Å². The van der Waals surface area contributed by atoms with Crippen molar-refractivity contribution in [3.8, 4) is 0 Å². The summed E-state index contributed by atoms with van der Waals surface area (Å²) in [5.74, 6) is 1.85. The van der Waals surface area contributed by atoms with Crippen LogP contribution >= 0.6 is 0 Å². The molecule has 98 valence electrons. The first kappa shape index (κ1) is 12.9. The molecule has 0 saturated heterocycles. The first-order chi connectivity index (χ1) is 8.02. The van der Waals surface area contributed by atoms with Crippen molar-refractivity contribution in [1.82, 2.24) is 10.6 Å². The maximum Gasteiger partial charge on any atom is 0.234 e. The van der Waals surface area contributed by atoms with E-state index >= 15 is 0 Å². The number of carbonyl (C=O) groups excluding carboxylic acids is 1. The smallest absolute Gasteiger partial charge is 0.234 e. The minimum Gasteiger partial charge on any atom is -0.350 e. The third-order valence-corrected chi connectivity index (χ3v) is 4.12. The molecule has 0 unspecified atom stereocenters. The van der Waals surface area contributed by atoms with E-state index in [-0.39, 0.29) is 11.4 Å². The molecule has 0 aromatic heterocycles. The lowest BCUT2D eigenvalue weighted by molar-refractivity contribution is -0.122. The molecule has 2 aliphatic carbocycles. The van der Waals surface area contributed by atoms with E-state index < -0.39 is 0 Å². The SMILES string of the molecule is CCC(C)(C)NC(=O)CNC(C1CC1)C1CC1. The molecule has 0 bridgehead atoms. The number of carbonyl (C=O) groups is 1. The van der Waals surface area contributed by atoms with E-state index in [4.69, 9.17) is 0 Å². The Labute approximate surface area is 105 Å². The summed E-state index contributed by atoms with van der Waals surface area (Å²) in [6.07, 6.45) is 6.40. The molecule has 3 heteroatoms. The van der Waals surface area contributed by atoms with Gasteiger partial charge in [0.05, 0.1) is 6.54 Å². The standard InChI is InChI=1S/C14H26N2O/c1-4-14(2,3)16-12(17)9-15-13(10-5-6-10)11-7-8-11/h10-11,13,15H,4-9H2,1-3H3,(H,16,17). The lowest BCUT2D eigenvalue weighted by Gasteiger charge is -2.25. The predicted molar refractivity (Wildman–Crippen MR) is 69.8 cm³/mol. The van der Waals surface area contributed by atoms with E-state index in [2.05, 4.69) is 31.4 Å². The molecular weight excluding hydrogens is 212 g/mol. The van der Waals surface area contributed by atoms with E-state index in [9.17, 15) is 4.79 Å². The van der Waals surface area contributed by atoms with Gasteiger partial charge in [-0.15, -0.1) is 0 Å². The Morgan fingerprint density at radius 3 is 2.18 bits per heavy atom. The zero-order valence-corrected chi connectivity index (χ0v) is 11.4. The summed E-state index contributed by atoms with van der Waals surface area (Å²) < 4.78 is 0. The van der Waals surface area contributed by atoms with E-state index in [1.807, 2.05) is 0 Å². The zero-order chi connectivity index (χ0) is 12.5. The highest BCUT2D eigenvalue weighted by Gasteiger charge is 2.41. The fourth-order valence-corrected chi connectivity index (χ4v) is 2.35. The second-order valence-electron chi connectivity index (χ2n) is 6.37. The first-order valence-corrected chi connectivity index (χ1v) is 7.06. The van der Waals surface area contributed by atoms with Crippen molar-refractivity contribution in [3.63, 3.8) is 0 Å². The monoisotopic (exact) mass is 238 g/mol. The Kier molecular flexibility index (Phi) is 3.76. The van der Waals surface area contributed by atoms with Gasteiger partial charge in [-0.25, -0.2) is 0 Å². The normalized spacial score (nSPS) is 20.7. The van der Waals surface area contributed by atoms with Gasteiger partial charge in [0.1, 0.15) is 0 Å². The van der Waals surface area contributed by atoms with Gasteiger partial charge in [-0.3, -0.25) is 4.79 Å². The lowest BCUT2D eigenvalue weighted by Crippen LogP contribution is -2.48. The molecule has 0 heterocycles. The van der Waals surface area contributed by atoms with Crippen LogP contribution in [0.1, 0.15) is 52.9 Å². The second-order valence-corrected chi connectivity index (χ2v) is 6.37. The van der Waals surface area contributed by atoms with Crippen LogP contribution in [-0.4, -0.2) is 24.0 Å². The topological polar surface area (TPSA) is 41.1 Å². The summed E-state index contributed by atoms with van der Waals surface area (Å²) in [5.41, 5.74) is -0.0760. The van der Waals surface area contributed by atoms with E-state index in [0.29, 0.717) is 12.6 Å². The Bertz CT molecular complexity index is 268. The third kappa shape index (κ3) is 3.98. The number of hydrogen-bond donors (Lipinski definition) is 2. The first-order valence-electron chi connectivity index (χ1n) is 7.06. The summed E-state index contributed by atoms with van der Waals surface area (Å²) in [7, 11) is 0. The fraction of sp³-hybridized carbons (Fsp3) is 0.929.